The molecule has 23 heavy (non-hydrogen) atoms. The number of nitrogens with one attached hydrogen (secondary N) is 1. The third-order valence-corrected chi connectivity index (χ3v) is 3.97. The highest BCUT2D eigenvalue weighted by molar-refractivity contribution is 6.19. The van der Waals surface area contributed by atoms with E-state index in [0.29, 0.717) is 6.61 Å². The van der Waals surface area contributed by atoms with Gasteiger partial charge in [0.05, 0.1) is 17.9 Å². The van der Waals surface area contributed by atoms with Crippen LogP contribution in [0.5, 0.6) is 5.75 Å². The van der Waals surface area contributed by atoms with Crippen molar-refractivity contribution in [1.82, 2.24) is 0 Å². The molecule has 0 atom stereocenters. The predicted octanol–water partition coefficient (Wildman–Crippen LogP) is 5.13. The molecular weight excluding hydrogens is 284 g/mol. The molecule has 0 spiro atoms. The van der Waals surface area contributed by atoms with Gasteiger partial charge in [0.15, 0.2) is 0 Å². The summed E-state index contributed by atoms with van der Waals surface area (Å²) in [7, 11) is 0. The minimum atomic E-state index is 0.705. The topological polar surface area (TPSA) is 33.6 Å². The number of rotatable bonds is 4. The van der Waals surface area contributed by atoms with Crippen LogP contribution in [0.3, 0.4) is 0 Å². The van der Waals surface area contributed by atoms with E-state index in [1.54, 1.807) is 0 Å². The van der Waals surface area contributed by atoms with E-state index < -0.39 is 0 Å². The van der Waals surface area contributed by atoms with Crippen LogP contribution in [0.4, 0.5) is 11.4 Å². The molecule has 4 rings (SSSR count). The number of hydrogen-bond acceptors (Lipinski definition) is 3. The van der Waals surface area contributed by atoms with Crippen molar-refractivity contribution in [2.45, 2.75) is 13.3 Å². The summed E-state index contributed by atoms with van der Waals surface area (Å²) in [5.74, 6) is 1.70. The van der Waals surface area contributed by atoms with Crippen molar-refractivity contribution in [3.8, 4) is 5.75 Å². The average Bonchev–Trinajstić information content (AvgIpc) is 2.60. The van der Waals surface area contributed by atoms with Crippen molar-refractivity contribution >= 4 is 28.0 Å². The molecule has 114 valence electrons. The SMILES string of the molecule is CCCOc1ccccc1C1=Nc2cccc3cccc(c23)N1. The second-order valence-corrected chi connectivity index (χ2v) is 5.61. The van der Waals surface area contributed by atoms with Gasteiger partial charge in [-0.05, 0) is 36.1 Å². The highest BCUT2D eigenvalue weighted by atomic mass is 16.5. The zero-order valence-electron chi connectivity index (χ0n) is 13.0. The number of ether oxygens (including phenoxy) is 1. The number of nitrogens with zero attached hydrogens (tertiary/aromatic N) is 1. The molecule has 1 aliphatic heterocycles. The van der Waals surface area contributed by atoms with E-state index in [4.69, 9.17) is 9.73 Å². The molecule has 3 aromatic carbocycles. The van der Waals surface area contributed by atoms with Crippen LogP contribution in [0.25, 0.3) is 10.8 Å². The Hall–Kier alpha value is -2.81. The van der Waals surface area contributed by atoms with Crippen LogP contribution in [0.15, 0.2) is 65.7 Å². The minimum Gasteiger partial charge on any atom is -0.493 e. The highest BCUT2D eigenvalue weighted by Crippen LogP contribution is 2.37. The first-order chi connectivity index (χ1) is 11.4. The van der Waals surface area contributed by atoms with Crippen molar-refractivity contribution < 1.29 is 4.74 Å². The molecule has 1 heterocycles. The van der Waals surface area contributed by atoms with Crippen LogP contribution in [-0.2, 0) is 0 Å². The van der Waals surface area contributed by atoms with Gasteiger partial charge in [0.1, 0.15) is 11.6 Å². The first-order valence-corrected chi connectivity index (χ1v) is 7.96. The summed E-state index contributed by atoms with van der Waals surface area (Å²) in [5.41, 5.74) is 3.08. The number of amidine groups is 1. The van der Waals surface area contributed by atoms with Crippen LogP contribution in [-0.4, -0.2) is 12.4 Å². The molecule has 1 aliphatic rings. The van der Waals surface area contributed by atoms with Crippen LogP contribution in [0.1, 0.15) is 18.9 Å². The van der Waals surface area contributed by atoms with Crippen molar-refractivity contribution in [3.05, 3.63) is 66.2 Å². The Labute approximate surface area is 135 Å². The van der Waals surface area contributed by atoms with E-state index in [9.17, 15) is 0 Å². The van der Waals surface area contributed by atoms with Gasteiger partial charge in [-0.2, -0.15) is 0 Å². The van der Waals surface area contributed by atoms with Crippen molar-refractivity contribution in [3.63, 3.8) is 0 Å². The number of aliphatic imine (C=N–C) groups is 1. The zero-order chi connectivity index (χ0) is 15.6. The van der Waals surface area contributed by atoms with Gasteiger partial charge in [-0.1, -0.05) is 43.3 Å². The first-order valence-electron chi connectivity index (χ1n) is 7.96. The van der Waals surface area contributed by atoms with Crippen molar-refractivity contribution in [2.24, 2.45) is 4.99 Å². The van der Waals surface area contributed by atoms with Gasteiger partial charge in [0.25, 0.3) is 0 Å². The van der Waals surface area contributed by atoms with Gasteiger partial charge in [0.2, 0.25) is 0 Å². The molecular formula is C20H18N2O. The summed E-state index contributed by atoms with van der Waals surface area (Å²) in [4.78, 5) is 4.83. The summed E-state index contributed by atoms with van der Waals surface area (Å²) in [6.45, 7) is 2.81. The molecule has 0 aliphatic carbocycles. The van der Waals surface area contributed by atoms with Gasteiger partial charge >= 0.3 is 0 Å². The molecule has 3 nitrogen and oxygen atoms in total. The quantitative estimate of drug-likeness (QED) is 0.724. The molecule has 3 heteroatoms. The third-order valence-electron chi connectivity index (χ3n) is 3.97. The highest BCUT2D eigenvalue weighted by Gasteiger charge is 2.17. The van der Waals surface area contributed by atoms with E-state index in [-0.39, 0.29) is 0 Å². The van der Waals surface area contributed by atoms with Gasteiger partial charge in [-0.15, -0.1) is 0 Å². The maximum atomic E-state index is 5.88. The van der Waals surface area contributed by atoms with Crippen LogP contribution in [0, 0.1) is 0 Å². The number of para-hydroxylation sites is 1. The lowest BCUT2D eigenvalue weighted by atomic mass is 10.0. The molecule has 0 saturated carbocycles. The van der Waals surface area contributed by atoms with Gasteiger partial charge in [-0.25, -0.2) is 4.99 Å². The summed E-state index contributed by atoms with van der Waals surface area (Å²) in [5, 5.41) is 5.84. The number of hydrogen-bond donors (Lipinski definition) is 1. The van der Waals surface area contributed by atoms with Gasteiger partial charge in [-0.3, -0.25) is 0 Å². The van der Waals surface area contributed by atoms with Crippen molar-refractivity contribution in [2.75, 3.05) is 11.9 Å². The lowest BCUT2D eigenvalue weighted by Gasteiger charge is -2.20. The summed E-state index contributed by atoms with van der Waals surface area (Å²) >= 11 is 0. The molecule has 1 N–H and O–H groups in total. The second kappa shape index (κ2) is 5.76. The molecule has 0 saturated heterocycles. The summed E-state index contributed by atoms with van der Waals surface area (Å²) in [6, 6.07) is 20.5. The Bertz CT molecular complexity index is 894. The maximum absolute atomic E-state index is 5.88. The maximum Gasteiger partial charge on any atom is 0.142 e. The first kappa shape index (κ1) is 13.8. The van der Waals surface area contributed by atoms with Crippen LogP contribution in [0.2, 0.25) is 0 Å². The second-order valence-electron chi connectivity index (χ2n) is 5.61. The molecule has 0 unspecified atom stereocenters. The van der Waals surface area contributed by atoms with E-state index in [1.165, 1.54) is 10.8 Å². The predicted molar refractivity (Wildman–Crippen MR) is 96.0 cm³/mol. The molecule has 0 bridgehead atoms. The Morgan fingerprint density at radius 2 is 1.78 bits per heavy atom. The lowest BCUT2D eigenvalue weighted by Crippen LogP contribution is -2.17. The van der Waals surface area contributed by atoms with Gasteiger partial charge < -0.3 is 10.1 Å². The molecule has 0 amide bonds. The fourth-order valence-electron chi connectivity index (χ4n) is 2.92. The fraction of sp³-hybridized carbons (Fsp3) is 0.150. The normalized spacial score (nSPS) is 12.7. The molecule has 0 fully saturated rings. The lowest BCUT2D eigenvalue weighted by molar-refractivity contribution is 0.317. The summed E-state index contributed by atoms with van der Waals surface area (Å²) in [6.07, 6.45) is 0.983. The smallest absolute Gasteiger partial charge is 0.142 e. The van der Waals surface area contributed by atoms with E-state index in [0.717, 1.165) is 34.9 Å². The minimum absolute atomic E-state index is 0.705. The largest absolute Gasteiger partial charge is 0.493 e. The fourth-order valence-corrected chi connectivity index (χ4v) is 2.92. The number of benzene rings is 3. The Morgan fingerprint density at radius 1 is 0.957 bits per heavy atom. The van der Waals surface area contributed by atoms with E-state index >= 15 is 0 Å². The van der Waals surface area contributed by atoms with E-state index in [2.05, 4.69) is 42.6 Å². The summed E-state index contributed by atoms with van der Waals surface area (Å²) < 4.78 is 5.88. The molecule has 3 aromatic rings. The average molecular weight is 302 g/mol. The molecule has 0 aromatic heterocycles. The third kappa shape index (κ3) is 2.44. The van der Waals surface area contributed by atoms with E-state index in [1.807, 2.05) is 30.3 Å². The van der Waals surface area contributed by atoms with Crippen molar-refractivity contribution in [1.29, 1.82) is 0 Å². The van der Waals surface area contributed by atoms with Crippen LogP contribution < -0.4 is 10.1 Å². The zero-order valence-corrected chi connectivity index (χ0v) is 13.0. The molecule has 0 radical (unpaired) electrons. The van der Waals surface area contributed by atoms with Gasteiger partial charge in [0, 0.05) is 11.1 Å². The standard InChI is InChI=1S/C20H18N2O/c1-2-13-23-18-12-4-3-9-15(18)20-21-16-10-5-7-14-8-6-11-17(22-20)19(14)16/h3-12H,2,13H2,1H3,(H,21,22). The van der Waals surface area contributed by atoms with Crippen LogP contribution >= 0.6 is 0 Å². The Balaban J connectivity index is 1.83. The Kier molecular flexibility index (Phi) is 3.46. The monoisotopic (exact) mass is 302 g/mol. The Morgan fingerprint density at radius 3 is 2.65 bits per heavy atom. The number of anilines is 1.